The molecule has 1 aromatic carbocycles. The SMILES string of the molecule is CS(=O)(=O)c1ccc(CN2CCN(C(=O)N3CC4(COC(=O)N4)C3)CC2)cc1. The second kappa shape index (κ2) is 6.93. The van der Waals surface area contributed by atoms with Crippen molar-refractivity contribution in [1.82, 2.24) is 20.0 Å². The van der Waals surface area contributed by atoms with Gasteiger partial charge in [0.1, 0.15) is 12.1 Å². The molecule has 1 N–H and O–H groups in total. The van der Waals surface area contributed by atoms with Gasteiger partial charge in [-0.15, -0.1) is 0 Å². The van der Waals surface area contributed by atoms with E-state index in [1.807, 2.05) is 17.0 Å². The Bertz CT molecular complexity index is 872. The summed E-state index contributed by atoms with van der Waals surface area (Å²) in [6.07, 6.45) is 0.788. The third-order valence-electron chi connectivity index (χ3n) is 5.50. The van der Waals surface area contributed by atoms with E-state index in [0.717, 1.165) is 25.2 Å². The number of sulfone groups is 1. The Hall–Kier alpha value is -2.33. The molecule has 3 aliphatic rings. The van der Waals surface area contributed by atoms with E-state index in [1.54, 1.807) is 17.0 Å². The van der Waals surface area contributed by atoms with Crippen molar-refractivity contribution in [2.75, 3.05) is 52.1 Å². The predicted molar refractivity (Wildman–Crippen MR) is 101 cm³/mol. The number of ether oxygens (including phenoxy) is 1. The van der Waals surface area contributed by atoms with Crippen molar-refractivity contribution >= 4 is 22.0 Å². The van der Waals surface area contributed by atoms with Crippen molar-refractivity contribution in [2.24, 2.45) is 0 Å². The largest absolute Gasteiger partial charge is 0.447 e. The Balaban J connectivity index is 1.25. The minimum Gasteiger partial charge on any atom is -0.447 e. The number of urea groups is 1. The Morgan fingerprint density at radius 3 is 2.29 bits per heavy atom. The maximum Gasteiger partial charge on any atom is 0.407 e. The molecule has 0 radical (unpaired) electrons. The van der Waals surface area contributed by atoms with Gasteiger partial charge in [0.05, 0.1) is 18.0 Å². The third kappa shape index (κ3) is 3.79. The minimum atomic E-state index is -3.18. The molecular weight excluding hydrogens is 384 g/mol. The average molecular weight is 408 g/mol. The minimum absolute atomic E-state index is 0.00364. The van der Waals surface area contributed by atoms with Crippen molar-refractivity contribution in [1.29, 1.82) is 0 Å². The quantitative estimate of drug-likeness (QED) is 0.763. The highest BCUT2D eigenvalue weighted by molar-refractivity contribution is 7.90. The van der Waals surface area contributed by atoms with Crippen LogP contribution in [0.2, 0.25) is 0 Å². The zero-order valence-corrected chi connectivity index (χ0v) is 16.6. The molecule has 9 nitrogen and oxygen atoms in total. The lowest BCUT2D eigenvalue weighted by molar-refractivity contribution is 0.0425. The van der Waals surface area contributed by atoms with Gasteiger partial charge in [0.2, 0.25) is 0 Å². The predicted octanol–water partition coefficient (Wildman–Crippen LogP) is 0.122. The molecule has 1 aromatic rings. The topological polar surface area (TPSA) is 99.3 Å². The Morgan fingerprint density at radius 2 is 1.75 bits per heavy atom. The number of nitrogens with zero attached hydrogens (tertiary/aromatic N) is 3. The molecule has 10 heteroatoms. The molecule has 4 rings (SSSR count). The van der Waals surface area contributed by atoms with Gasteiger partial charge in [-0.05, 0) is 17.7 Å². The number of carbonyl (C=O) groups excluding carboxylic acids is 2. The van der Waals surface area contributed by atoms with E-state index in [-0.39, 0.29) is 6.03 Å². The van der Waals surface area contributed by atoms with Gasteiger partial charge in [0, 0.05) is 39.0 Å². The number of piperazine rings is 1. The van der Waals surface area contributed by atoms with Crippen LogP contribution in [0.5, 0.6) is 0 Å². The van der Waals surface area contributed by atoms with Crippen molar-refractivity contribution in [3.05, 3.63) is 29.8 Å². The lowest BCUT2D eigenvalue weighted by Gasteiger charge is -2.48. The van der Waals surface area contributed by atoms with Crippen LogP contribution in [0.3, 0.4) is 0 Å². The molecule has 0 saturated carbocycles. The lowest BCUT2D eigenvalue weighted by Crippen LogP contribution is -2.71. The van der Waals surface area contributed by atoms with E-state index in [0.29, 0.717) is 37.7 Å². The van der Waals surface area contributed by atoms with Crippen LogP contribution < -0.4 is 5.32 Å². The van der Waals surface area contributed by atoms with Crippen molar-refractivity contribution in [3.8, 4) is 0 Å². The van der Waals surface area contributed by atoms with E-state index in [4.69, 9.17) is 4.74 Å². The van der Waals surface area contributed by atoms with Crippen molar-refractivity contribution < 1.29 is 22.7 Å². The normalized spacial score (nSPS) is 22.0. The van der Waals surface area contributed by atoms with Gasteiger partial charge < -0.3 is 19.9 Å². The summed E-state index contributed by atoms with van der Waals surface area (Å²) in [6.45, 7) is 4.84. The fourth-order valence-electron chi connectivity index (χ4n) is 3.88. The maximum atomic E-state index is 12.6. The maximum absolute atomic E-state index is 12.6. The van der Waals surface area contributed by atoms with Gasteiger partial charge in [0.15, 0.2) is 9.84 Å². The molecule has 0 unspecified atom stereocenters. The van der Waals surface area contributed by atoms with Gasteiger partial charge in [-0.2, -0.15) is 0 Å². The second-order valence-corrected chi connectivity index (χ2v) is 9.82. The van der Waals surface area contributed by atoms with Gasteiger partial charge in [-0.1, -0.05) is 12.1 Å². The fraction of sp³-hybridized carbons (Fsp3) is 0.556. The molecule has 0 aromatic heterocycles. The summed E-state index contributed by atoms with van der Waals surface area (Å²) in [5.41, 5.74) is 0.654. The number of benzene rings is 1. The van der Waals surface area contributed by atoms with Crippen LogP contribution in [0.15, 0.2) is 29.2 Å². The first-order valence-corrected chi connectivity index (χ1v) is 11.1. The number of hydrogen-bond donors (Lipinski definition) is 1. The van der Waals surface area contributed by atoms with Crippen molar-refractivity contribution in [2.45, 2.75) is 17.0 Å². The number of rotatable bonds is 3. The molecule has 1 spiro atoms. The summed E-state index contributed by atoms with van der Waals surface area (Å²) < 4.78 is 28.0. The molecule has 3 aliphatic heterocycles. The standard InChI is InChI=1S/C18H24N4O5S/c1-28(25,26)15-4-2-14(3-5-15)10-20-6-8-21(9-7-20)17(24)22-11-18(12-22)13-27-16(23)19-18/h2-5H,6-13H2,1H3,(H,19,23). The summed E-state index contributed by atoms with van der Waals surface area (Å²) in [7, 11) is -3.18. The smallest absolute Gasteiger partial charge is 0.407 e. The van der Waals surface area contributed by atoms with Gasteiger partial charge in [0.25, 0.3) is 0 Å². The van der Waals surface area contributed by atoms with Crippen molar-refractivity contribution in [3.63, 3.8) is 0 Å². The zero-order valence-electron chi connectivity index (χ0n) is 15.8. The van der Waals surface area contributed by atoms with Crippen LogP contribution >= 0.6 is 0 Å². The van der Waals surface area contributed by atoms with Crippen LogP contribution in [0, 0.1) is 0 Å². The number of carbonyl (C=O) groups is 2. The number of hydrogen-bond acceptors (Lipinski definition) is 6. The Labute approximate surface area is 164 Å². The monoisotopic (exact) mass is 408 g/mol. The zero-order chi connectivity index (χ0) is 19.9. The molecule has 3 saturated heterocycles. The molecule has 3 fully saturated rings. The van der Waals surface area contributed by atoms with Crippen LogP contribution in [0.25, 0.3) is 0 Å². The Morgan fingerprint density at radius 1 is 1.11 bits per heavy atom. The highest BCUT2D eigenvalue weighted by atomic mass is 32.2. The number of alkyl carbamates (subject to hydrolysis) is 1. The average Bonchev–Trinajstić information content (AvgIpc) is 3.02. The lowest BCUT2D eigenvalue weighted by atomic mass is 9.92. The second-order valence-electron chi connectivity index (χ2n) is 7.80. The highest BCUT2D eigenvalue weighted by Gasteiger charge is 2.52. The molecule has 3 amide bonds. The molecule has 0 bridgehead atoms. The number of nitrogens with one attached hydrogen (secondary N) is 1. The van der Waals surface area contributed by atoms with E-state index in [9.17, 15) is 18.0 Å². The number of likely N-dealkylation sites (tertiary alicyclic amines) is 1. The molecule has 0 atom stereocenters. The van der Waals surface area contributed by atoms with E-state index < -0.39 is 21.5 Å². The molecular formula is C18H24N4O5S. The molecule has 28 heavy (non-hydrogen) atoms. The first-order chi connectivity index (χ1) is 13.2. The number of cyclic esters (lactones) is 1. The van der Waals surface area contributed by atoms with Gasteiger partial charge in [-0.3, -0.25) is 4.90 Å². The van der Waals surface area contributed by atoms with E-state index in [2.05, 4.69) is 10.2 Å². The Kier molecular flexibility index (Phi) is 4.70. The van der Waals surface area contributed by atoms with Gasteiger partial charge in [-0.25, -0.2) is 18.0 Å². The first-order valence-electron chi connectivity index (χ1n) is 9.24. The van der Waals surface area contributed by atoms with Crippen LogP contribution in [0.1, 0.15) is 5.56 Å². The fourth-order valence-corrected chi connectivity index (χ4v) is 4.51. The highest BCUT2D eigenvalue weighted by Crippen LogP contribution is 2.26. The number of amides is 3. The summed E-state index contributed by atoms with van der Waals surface area (Å²) in [4.78, 5) is 30.0. The summed E-state index contributed by atoms with van der Waals surface area (Å²) in [5.74, 6) is 0. The van der Waals surface area contributed by atoms with Crippen LogP contribution in [-0.4, -0.2) is 92.9 Å². The first kappa shape index (κ1) is 19.0. The van der Waals surface area contributed by atoms with Gasteiger partial charge >= 0.3 is 12.1 Å². The molecule has 152 valence electrons. The van der Waals surface area contributed by atoms with E-state index in [1.165, 1.54) is 6.26 Å². The van der Waals surface area contributed by atoms with E-state index >= 15 is 0 Å². The van der Waals surface area contributed by atoms with Crippen LogP contribution in [0.4, 0.5) is 9.59 Å². The summed E-state index contributed by atoms with van der Waals surface area (Å²) >= 11 is 0. The summed E-state index contributed by atoms with van der Waals surface area (Å²) in [5, 5.41) is 2.78. The third-order valence-corrected chi connectivity index (χ3v) is 6.63. The molecule has 0 aliphatic carbocycles. The molecule has 3 heterocycles. The van der Waals surface area contributed by atoms with Crippen LogP contribution in [-0.2, 0) is 21.1 Å². The summed E-state index contributed by atoms with van der Waals surface area (Å²) in [6, 6.07) is 6.95.